The van der Waals surface area contributed by atoms with Crippen molar-refractivity contribution in [1.82, 2.24) is 5.32 Å². The first-order chi connectivity index (χ1) is 11.4. The first kappa shape index (κ1) is 17.5. The summed E-state index contributed by atoms with van der Waals surface area (Å²) < 4.78 is 5.41. The zero-order valence-corrected chi connectivity index (χ0v) is 13.8. The van der Waals surface area contributed by atoms with Crippen molar-refractivity contribution in [2.24, 2.45) is 0 Å². The van der Waals surface area contributed by atoms with Gasteiger partial charge in [0.05, 0.1) is 0 Å². The van der Waals surface area contributed by atoms with Gasteiger partial charge in [-0.15, -0.1) is 0 Å². The number of hydrogen-bond acceptors (Lipinski definition) is 3. The second-order valence-electron chi connectivity index (χ2n) is 5.93. The van der Waals surface area contributed by atoms with Crippen LogP contribution in [0.4, 0.5) is 0 Å². The van der Waals surface area contributed by atoms with Crippen LogP contribution in [0.1, 0.15) is 29.8 Å². The Balaban J connectivity index is 1.88. The summed E-state index contributed by atoms with van der Waals surface area (Å²) in [4.78, 5) is 23.1. The number of ether oxygens (including phenoxy) is 1. The highest BCUT2D eigenvalue weighted by Gasteiger charge is 2.29. The number of amides is 1. The summed E-state index contributed by atoms with van der Waals surface area (Å²) in [5, 5.41) is 11.9. The van der Waals surface area contributed by atoms with Gasteiger partial charge in [-0.25, -0.2) is 4.79 Å². The van der Waals surface area contributed by atoms with Crippen LogP contribution in [-0.4, -0.2) is 29.1 Å². The molecule has 5 nitrogen and oxygen atoms in total. The van der Waals surface area contributed by atoms with Crippen molar-refractivity contribution in [2.45, 2.75) is 25.9 Å². The summed E-state index contributed by atoms with van der Waals surface area (Å²) in [6.07, 6.45) is 0.764. The van der Waals surface area contributed by atoms with Gasteiger partial charge in [-0.3, -0.25) is 4.79 Å². The number of carboxylic acids is 1. The van der Waals surface area contributed by atoms with E-state index >= 15 is 0 Å². The van der Waals surface area contributed by atoms with Crippen LogP contribution in [0.15, 0.2) is 54.6 Å². The number of carbonyl (C=O) groups is 2. The van der Waals surface area contributed by atoms with Crippen LogP contribution < -0.4 is 10.1 Å². The number of benzene rings is 2. The third kappa shape index (κ3) is 4.84. The molecule has 0 aliphatic rings. The topological polar surface area (TPSA) is 75.6 Å². The van der Waals surface area contributed by atoms with Crippen LogP contribution in [0.2, 0.25) is 0 Å². The van der Waals surface area contributed by atoms with E-state index in [9.17, 15) is 9.59 Å². The highest BCUT2D eigenvalue weighted by atomic mass is 16.5. The normalized spacial score (nSPS) is 10.9. The number of aliphatic carboxylic acids is 1. The van der Waals surface area contributed by atoms with Gasteiger partial charge in [0.15, 0.2) is 5.60 Å². The van der Waals surface area contributed by atoms with E-state index in [0.29, 0.717) is 17.9 Å². The quantitative estimate of drug-likeness (QED) is 0.820. The van der Waals surface area contributed by atoms with E-state index in [2.05, 4.69) is 5.32 Å². The molecule has 0 saturated heterocycles. The summed E-state index contributed by atoms with van der Waals surface area (Å²) in [6, 6.07) is 16.3. The van der Waals surface area contributed by atoms with E-state index in [4.69, 9.17) is 9.84 Å². The van der Waals surface area contributed by atoms with Gasteiger partial charge in [-0.1, -0.05) is 30.3 Å². The molecule has 24 heavy (non-hydrogen) atoms. The van der Waals surface area contributed by atoms with Crippen molar-refractivity contribution < 1.29 is 19.4 Å². The molecule has 1 amide bonds. The highest BCUT2D eigenvalue weighted by Crippen LogP contribution is 2.19. The molecule has 0 saturated carbocycles. The molecule has 0 atom stereocenters. The number of carbonyl (C=O) groups excluding carboxylic acids is 1. The molecule has 2 aromatic carbocycles. The molecule has 5 heteroatoms. The molecule has 0 aliphatic heterocycles. The second-order valence-corrected chi connectivity index (χ2v) is 5.93. The number of rotatable bonds is 7. The van der Waals surface area contributed by atoms with Gasteiger partial charge in [0, 0.05) is 12.1 Å². The molecule has 0 heterocycles. The SMILES string of the molecule is CC(C)(Oc1ccc(C(=O)NCCc2ccccc2)cc1)C(=O)O. The van der Waals surface area contributed by atoms with Gasteiger partial charge < -0.3 is 15.2 Å². The predicted molar refractivity (Wildman–Crippen MR) is 91.3 cm³/mol. The lowest BCUT2D eigenvalue weighted by Gasteiger charge is -2.21. The second kappa shape index (κ2) is 7.64. The lowest BCUT2D eigenvalue weighted by Crippen LogP contribution is -2.37. The Morgan fingerprint density at radius 2 is 1.67 bits per heavy atom. The fourth-order valence-electron chi connectivity index (χ4n) is 2.08. The Hall–Kier alpha value is -2.82. The number of carboxylic acid groups (broad SMARTS) is 1. The lowest BCUT2D eigenvalue weighted by molar-refractivity contribution is -0.152. The molecule has 2 rings (SSSR count). The monoisotopic (exact) mass is 327 g/mol. The smallest absolute Gasteiger partial charge is 0.347 e. The van der Waals surface area contributed by atoms with Crippen LogP contribution in [0.25, 0.3) is 0 Å². The van der Waals surface area contributed by atoms with Gasteiger partial charge in [0.25, 0.3) is 5.91 Å². The molecule has 0 fully saturated rings. The maximum Gasteiger partial charge on any atom is 0.347 e. The van der Waals surface area contributed by atoms with Crippen LogP contribution in [-0.2, 0) is 11.2 Å². The third-order valence-corrected chi connectivity index (χ3v) is 3.55. The molecular weight excluding hydrogens is 306 g/mol. The van der Waals surface area contributed by atoms with Crippen LogP contribution in [0, 0.1) is 0 Å². The van der Waals surface area contributed by atoms with Crippen molar-refractivity contribution >= 4 is 11.9 Å². The summed E-state index contributed by atoms with van der Waals surface area (Å²) in [7, 11) is 0. The molecular formula is C19H21NO4. The minimum absolute atomic E-state index is 0.171. The highest BCUT2D eigenvalue weighted by molar-refractivity contribution is 5.94. The maximum absolute atomic E-state index is 12.1. The van der Waals surface area contributed by atoms with Crippen LogP contribution in [0.5, 0.6) is 5.75 Å². The van der Waals surface area contributed by atoms with Crippen molar-refractivity contribution in [1.29, 1.82) is 0 Å². The van der Waals surface area contributed by atoms with E-state index in [1.54, 1.807) is 24.3 Å². The van der Waals surface area contributed by atoms with Gasteiger partial charge in [0.1, 0.15) is 5.75 Å². The Morgan fingerprint density at radius 1 is 1.04 bits per heavy atom. The number of nitrogens with one attached hydrogen (secondary N) is 1. The fraction of sp³-hybridized carbons (Fsp3) is 0.263. The molecule has 2 N–H and O–H groups in total. The summed E-state index contributed by atoms with van der Waals surface area (Å²) in [5.41, 5.74) is 0.348. The lowest BCUT2D eigenvalue weighted by atomic mass is 10.1. The van der Waals surface area contributed by atoms with E-state index in [1.165, 1.54) is 13.8 Å². The summed E-state index contributed by atoms with van der Waals surface area (Å²) in [6.45, 7) is 3.49. The van der Waals surface area contributed by atoms with Crippen molar-refractivity contribution in [3.05, 3.63) is 65.7 Å². The van der Waals surface area contributed by atoms with E-state index in [0.717, 1.165) is 12.0 Å². The van der Waals surface area contributed by atoms with Gasteiger partial charge in [-0.05, 0) is 50.1 Å². The molecule has 0 radical (unpaired) electrons. The van der Waals surface area contributed by atoms with E-state index < -0.39 is 11.6 Å². The molecule has 0 bridgehead atoms. The van der Waals surface area contributed by atoms with Crippen LogP contribution in [0.3, 0.4) is 0 Å². The Bertz CT molecular complexity index is 693. The zero-order chi connectivity index (χ0) is 17.6. The average Bonchev–Trinajstić information content (AvgIpc) is 2.56. The first-order valence-corrected chi connectivity index (χ1v) is 7.73. The zero-order valence-electron chi connectivity index (χ0n) is 13.8. The average molecular weight is 327 g/mol. The van der Waals surface area contributed by atoms with Crippen LogP contribution >= 0.6 is 0 Å². The third-order valence-electron chi connectivity index (χ3n) is 3.55. The van der Waals surface area contributed by atoms with Crippen molar-refractivity contribution in [3.8, 4) is 5.75 Å². The van der Waals surface area contributed by atoms with Gasteiger partial charge in [0.2, 0.25) is 0 Å². The molecule has 2 aromatic rings. The predicted octanol–water partition coefficient (Wildman–Crippen LogP) is 2.90. The molecule has 0 aliphatic carbocycles. The maximum atomic E-state index is 12.1. The fourth-order valence-corrected chi connectivity index (χ4v) is 2.08. The van der Waals surface area contributed by atoms with E-state index in [-0.39, 0.29) is 5.91 Å². The van der Waals surface area contributed by atoms with E-state index in [1.807, 2.05) is 30.3 Å². The van der Waals surface area contributed by atoms with Gasteiger partial charge in [-0.2, -0.15) is 0 Å². The minimum Gasteiger partial charge on any atom is -0.478 e. The Labute approximate surface area is 141 Å². The minimum atomic E-state index is -1.32. The standard InChI is InChI=1S/C19H21NO4/c1-19(2,18(22)23)24-16-10-8-15(9-11-16)17(21)20-13-12-14-6-4-3-5-7-14/h3-11H,12-13H2,1-2H3,(H,20,21)(H,22,23). The Morgan fingerprint density at radius 3 is 2.25 bits per heavy atom. The van der Waals surface area contributed by atoms with Crippen molar-refractivity contribution in [3.63, 3.8) is 0 Å². The number of hydrogen-bond donors (Lipinski definition) is 2. The van der Waals surface area contributed by atoms with Crippen molar-refractivity contribution in [2.75, 3.05) is 6.54 Å². The molecule has 0 spiro atoms. The summed E-state index contributed by atoms with van der Waals surface area (Å²) in [5.74, 6) is -0.816. The largest absolute Gasteiger partial charge is 0.478 e. The molecule has 126 valence electrons. The first-order valence-electron chi connectivity index (χ1n) is 7.73. The summed E-state index contributed by atoms with van der Waals surface area (Å²) >= 11 is 0. The van der Waals surface area contributed by atoms with Gasteiger partial charge >= 0.3 is 5.97 Å². The molecule has 0 aromatic heterocycles. The molecule has 0 unspecified atom stereocenters. The Kier molecular flexibility index (Phi) is 5.58.